The van der Waals surface area contributed by atoms with Crippen LogP contribution in [0.15, 0.2) is 24.3 Å². The van der Waals surface area contributed by atoms with Crippen molar-refractivity contribution in [3.63, 3.8) is 0 Å². The molecule has 3 N–H and O–H groups in total. The molecule has 0 saturated heterocycles. The van der Waals surface area contributed by atoms with Crippen LogP contribution < -0.4 is 11.1 Å². The predicted molar refractivity (Wildman–Crippen MR) is 74.3 cm³/mol. The van der Waals surface area contributed by atoms with Crippen molar-refractivity contribution >= 4 is 11.8 Å². The largest absolute Gasteiger partial charge is 0.346 e. The minimum atomic E-state index is -0.371. The molecule has 0 aliphatic heterocycles. The van der Waals surface area contributed by atoms with E-state index in [1.54, 1.807) is 17.0 Å². The number of benzene rings is 1. The SMILES string of the molecule is CCN(C(=O)CNC(=O)CN)C(C)c1ccc(F)cc1. The molecular weight excluding hydrogens is 261 g/mol. The van der Waals surface area contributed by atoms with Crippen molar-refractivity contribution < 1.29 is 14.0 Å². The number of likely N-dealkylation sites (N-methyl/N-ethyl adjacent to an activating group) is 1. The van der Waals surface area contributed by atoms with Gasteiger partial charge in [0.05, 0.1) is 19.1 Å². The molecule has 5 nitrogen and oxygen atoms in total. The van der Waals surface area contributed by atoms with E-state index in [4.69, 9.17) is 5.73 Å². The van der Waals surface area contributed by atoms with Crippen molar-refractivity contribution in [2.45, 2.75) is 19.9 Å². The lowest BCUT2D eigenvalue weighted by atomic mass is 10.1. The number of nitrogens with zero attached hydrogens (tertiary/aromatic N) is 1. The van der Waals surface area contributed by atoms with Crippen LogP contribution in [0.2, 0.25) is 0 Å². The van der Waals surface area contributed by atoms with Crippen LogP contribution in [-0.2, 0) is 9.59 Å². The Labute approximate surface area is 117 Å². The lowest BCUT2D eigenvalue weighted by Crippen LogP contribution is -2.42. The van der Waals surface area contributed by atoms with E-state index >= 15 is 0 Å². The molecule has 0 aliphatic carbocycles. The molecule has 1 atom stereocenters. The van der Waals surface area contributed by atoms with Gasteiger partial charge in [-0.05, 0) is 31.5 Å². The Balaban J connectivity index is 2.71. The molecule has 0 saturated carbocycles. The first-order valence-corrected chi connectivity index (χ1v) is 6.51. The Bertz CT molecular complexity index is 462. The van der Waals surface area contributed by atoms with Gasteiger partial charge in [-0.15, -0.1) is 0 Å². The van der Waals surface area contributed by atoms with Gasteiger partial charge in [-0.1, -0.05) is 12.1 Å². The average molecular weight is 281 g/mol. The number of rotatable bonds is 6. The molecule has 0 fully saturated rings. The number of carbonyl (C=O) groups is 2. The van der Waals surface area contributed by atoms with Gasteiger partial charge < -0.3 is 16.0 Å². The van der Waals surface area contributed by atoms with Crippen LogP contribution in [-0.4, -0.2) is 36.3 Å². The van der Waals surface area contributed by atoms with Crippen molar-refractivity contribution in [3.05, 3.63) is 35.6 Å². The highest BCUT2D eigenvalue weighted by Gasteiger charge is 2.20. The first kappa shape index (κ1) is 16.1. The van der Waals surface area contributed by atoms with Crippen molar-refractivity contribution in [1.29, 1.82) is 0 Å². The number of carbonyl (C=O) groups excluding carboxylic acids is 2. The molecule has 1 unspecified atom stereocenters. The van der Waals surface area contributed by atoms with Crippen molar-refractivity contribution in [3.8, 4) is 0 Å². The van der Waals surface area contributed by atoms with E-state index in [9.17, 15) is 14.0 Å². The van der Waals surface area contributed by atoms with E-state index in [0.717, 1.165) is 5.56 Å². The highest BCUT2D eigenvalue weighted by Crippen LogP contribution is 2.20. The Morgan fingerprint density at radius 3 is 2.45 bits per heavy atom. The van der Waals surface area contributed by atoms with E-state index < -0.39 is 0 Å². The smallest absolute Gasteiger partial charge is 0.242 e. The summed E-state index contributed by atoms with van der Waals surface area (Å²) in [4.78, 5) is 24.7. The summed E-state index contributed by atoms with van der Waals surface area (Å²) in [7, 11) is 0. The molecule has 0 bridgehead atoms. The Kier molecular flexibility index (Phi) is 6.11. The summed E-state index contributed by atoms with van der Waals surface area (Å²) >= 11 is 0. The minimum Gasteiger partial charge on any atom is -0.346 e. The highest BCUT2D eigenvalue weighted by molar-refractivity contribution is 5.85. The second-order valence-corrected chi connectivity index (χ2v) is 4.39. The summed E-state index contributed by atoms with van der Waals surface area (Å²) in [5.74, 6) is -0.888. The zero-order valence-electron chi connectivity index (χ0n) is 11.7. The average Bonchev–Trinajstić information content (AvgIpc) is 2.46. The van der Waals surface area contributed by atoms with Crippen LogP contribution in [0.4, 0.5) is 4.39 Å². The molecular formula is C14H20FN3O2. The standard InChI is InChI=1S/C14H20FN3O2/c1-3-18(14(20)9-17-13(19)8-16)10(2)11-4-6-12(15)7-5-11/h4-7,10H,3,8-9,16H2,1-2H3,(H,17,19). The zero-order chi connectivity index (χ0) is 15.1. The van der Waals surface area contributed by atoms with Gasteiger partial charge in [0, 0.05) is 6.54 Å². The maximum Gasteiger partial charge on any atom is 0.242 e. The van der Waals surface area contributed by atoms with Gasteiger partial charge in [0.2, 0.25) is 11.8 Å². The molecule has 6 heteroatoms. The number of amides is 2. The molecule has 0 radical (unpaired) electrons. The lowest BCUT2D eigenvalue weighted by molar-refractivity contribution is -0.134. The topological polar surface area (TPSA) is 75.4 Å². The van der Waals surface area contributed by atoms with E-state index in [-0.39, 0.29) is 36.8 Å². The molecule has 110 valence electrons. The summed E-state index contributed by atoms with van der Waals surface area (Å²) in [5.41, 5.74) is 6.00. The number of halogens is 1. The van der Waals surface area contributed by atoms with Gasteiger partial charge in [0.25, 0.3) is 0 Å². The molecule has 1 aromatic carbocycles. The highest BCUT2D eigenvalue weighted by atomic mass is 19.1. The zero-order valence-corrected chi connectivity index (χ0v) is 11.7. The van der Waals surface area contributed by atoms with Crippen molar-refractivity contribution in [2.75, 3.05) is 19.6 Å². The van der Waals surface area contributed by atoms with Gasteiger partial charge in [-0.2, -0.15) is 0 Å². The van der Waals surface area contributed by atoms with Gasteiger partial charge in [0.1, 0.15) is 5.82 Å². The number of nitrogens with one attached hydrogen (secondary N) is 1. The Morgan fingerprint density at radius 2 is 1.95 bits per heavy atom. The maximum atomic E-state index is 12.9. The molecule has 1 aromatic rings. The van der Waals surface area contributed by atoms with Crippen LogP contribution in [0.3, 0.4) is 0 Å². The fraction of sp³-hybridized carbons (Fsp3) is 0.429. The monoisotopic (exact) mass is 281 g/mol. The van der Waals surface area contributed by atoms with Crippen LogP contribution >= 0.6 is 0 Å². The van der Waals surface area contributed by atoms with Gasteiger partial charge >= 0.3 is 0 Å². The fourth-order valence-electron chi connectivity index (χ4n) is 1.94. The van der Waals surface area contributed by atoms with Crippen LogP contribution in [0.25, 0.3) is 0 Å². The Morgan fingerprint density at radius 1 is 1.35 bits per heavy atom. The van der Waals surface area contributed by atoms with Gasteiger partial charge in [-0.3, -0.25) is 9.59 Å². The first-order valence-electron chi connectivity index (χ1n) is 6.51. The molecule has 0 aromatic heterocycles. The fourth-order valence-corrected chi connectivity index (χ4v) is 1.94. The minimum absolute atomic E-state index is 0.0879. The van der Waals surface area contributed by atoms with E-state index in [0.29, 0.717) is 6.54 Å². The summed E-state index contributed by atoms with van der Waals surface area (Å²) in [6, 6.07) is 5.83. The second kappa shape index (κ2) is 7.59. The summed E-state index contributed by atoms with van der Waals surface area (Å²) in [5, 5.41) is 2.45. The first-order chi connectivity index (χ1) is 9.49. The van der Waals surface area contributed by atoms with Crippen molar-refractivity contribution in [1.82, 2.24) is 10.2 Å². The normalized spacial score (nSPS) is 11.8. The number of hydrogen-bond donors (Lipinski definition) is 2. The van der Waals surface area contributed by atoms with E-state index in [2.05, 4.69) is 5.32 Å². The molecule has 2 amide bonds. The quantitative estimate of drug-likeness (QED) is 0.810. The molecule has 0 aliphatic rings. The van der Waals surface area contributed by atoms with Gasteiger partial charge in [-0.25, -0.2) is 4.39 Å². The molecule has 0 spiro atoms. The van der Waals surface area contributed by atoms with Crippen LogP contribution in [0.5, 0.6) is 0 Å². The summed E-state index contributed by atoms with van der Waals surface area (Å²) in [6.07, 6.45) is 0. The number of nitrogens with two attached hydrogens (primary N) is 1. The third kappa shape index (κ3) is 4.31. The lowest BCUT2D eigenvalue weighted by Gasteiger charge is -2.28. The summed E-state index contributed by atoms with van der Waals surface area (Å²) < 4.78 is 12.9. The van der Waals surface area contributed by atoms with Crippen molar-refractivity contribution in [2.24, 2.45) is 5.73 Å². The van der Waals surface area contributed by atoms with E-state index in [1.807, 2.05) is 13.8 Å². The van der Waals surface area contributed by atoms with Crippen LogP contribution in [0.1, 0.15) is 25.5 Å². The second-order valence-electron chi connectivity index (χ2n) is 4.39. The third-order valence-electron chi connectivity index (χ3n) is 3.10. The Hall–Kier alpha value is -1.95. The molecule has 20 heavy (non-hydrogen) atoms. The van der Waals surface area contributed by atoms with Crippen LogP contribution in [0, 0.1) is 5.82 Å². The number of hydrogen-bond acceptors (Lipinski definition) is 3. The molecule has 1 rings (SSSR count). The van der Waals surface area contributed by atoms with Gasteiger partial charge in [0.15, 0.2) is 0 Å². The maximum absolute atomic E-state index is 12.9. The predicted octanol–water partition coefficient (Wildman–Crippen LogP) is 0.810. The van der Waals surface area contributed by atoms with E-state index in [1.165, 1.54) is 12.1 Å². The third-order valence-corrected chi connectivity index (χ3v) is 3.10. The summed E-state index contributed by atoms with van der Waals surface area (Å²) in [6.45, 7) is 3.97. The molecule has 0 heterocycles.